The number of rotatable bonds is 9. The number of carbonyl (C=O) groups is 1. The minimum atomic E-state index is -0.230. The summed E-state index contributed by atoms with van der Waals surface area (Å²) in [5, 5.41) is 2.99. The molecule has 3 N–H and O–H groups in total. The van der Waals surface area contributed by atoms with Crippen LogP contribution in [-0.4, -0.2) is 18.5 Å². The fraction of sp³-hybridized carbons (Fsp3) is 0.588. The molecule has 1 rings (SSSR count). The van der Waals surface area contributed by atoms with Crippen LogP contribution >= 0.6 is 12.4 Å². The Morgan fingerprint density at radius 1 is 1.41 bits per heavy atom. The molecular weight excluding hydrogens is 303 g/mol. The Morgan fingerprint density at radius 2 is 2.14 bits per heavy atom. The van der Waals surface area contributed by atoms with E-state index < -0.39 is 0 Å². The van der Waals surface area contributed by atoms with E-state index in [1.807, 2.05) is 13.0 Å². The van der Waals surface area contributed by atoms with Crippen LogP contribution in [0.3, 0.4) is 0 Å². The van der Waals surface area contributed by atoms with Crippen molar-refractivity contribution in [2.75, 3.05) is 6.54 Å². The van der Waals surface area contributed by atoms with Crippen LogP contribution < -0.4 is 11.1 Å². The summed E-state index contributed by atoms with van der Waals surface area (Å²) in [5.74, 6) is -0.0197. The van der Waals surface area contributed by atoms with Crippen LogP contribution in [0.5, 0.6) is 0 Å². The number of amides is 1. The van der Waals surface area contributed by atoms with Gasteiger partial charge in [0, 0.05) is 19.0 Å². The van der Waals surface area contributed by atoms with Crippen LogP contribution in [0.2, 0.25) is 0 Å². The van der Waals surface area contributed by atoms with E-state index >= 15 is 0 Å². The van der Waals surface area contributed by atoms with Gasteiger partial charge in [-0.1, -0.05) is 38.8 Å². The molecule has 0 bridgehead atoms. The van der Waals surface area contributed by atoms with Crippen LogP contribution in [0.25, 0.3) is 0 Å². The SMILES string of the molecule is CCCCC(CN)NC(=O)CC(C)Cc1cccc(F)c1.Cl. The lowest BCUT2D eigenvalue weighted by Crippen LogP contribution is -2.40. The summed E-state index contributed by atoms with van der Waals surface area (Å²) in [6.45, 7) is 4.61. The summed E-state index contributed by atoms with van der Waals surface area (Å²) >= 11 is 0. The van der Waals surface area contributed by atoms with Crippen LogP contribution in [0.1, 0.15) is 45.1 Å². The summed E-state index contributed by atoms with van der Waals surface area (Å²) in [4.78, 5) is 12.0. The smallest absolute Gasteiger partial charge is 0.220 e. The van der Waals surface area contributed by atoms with Gasteiger partial charge in [-0.25, -0.2) is 4.39 Å². The zero-order valence-corrected chi connectivity index (χ0v) is 14.3. The number of nitrogens with one attached hydrogen (secondary N) is 1. The Kier molecular flexibility index (Phi) is 10.9. The van der Waals surface area contributed by atoms with Crippen molar-refractivity contribution in [1.82, 2.24) is 5.32 Å². The van der Waals surface area contributed by atoms with Crippen molar-refractivity contribution in [3.8, 4) is 0 Å². The largest absolute Gasteiger partial charge is 0.352 e. The van der Waals surface area contributed by atoms with Crippen molar-refractivity contribution >= 4 is 18.3 Å². The van der Waals surface area contributed by atoms with Crippen molar-refractivity contribution in [3.63, 3.8) is 0 Å². The molecule has 0 aliphatic rings. The Morgan fingerprint density at radius 3 is 2.73 bits per heavy atom. The van der Waals surface area contributed by atoms with E-state index in [2.05, 4.69) is 12.2 Å². The van der Waals surface area contributed by atoms with Crippen molar-refractivity contribution < 1.29 is 9.18 Å². The van der Waals surface area contributed by atoms with E-state index in [9.17, 15) is 9.18 Å². The first-order valence-electron chi connectivity index (χ1n) is 7.79. The van der Waals surface area contributed by atoms with Gasteiger partial charge < -0.3 is 11.1 Å². The molecule has 2 unspecified atom stereocenters. The molecule has 2 atom stereocenters. The van der Waals surface area contributed by atoms with E-state index in [0.717, 1.165) is 24.8 Å². The highest BCUT2D eigenvalue weighted by atomic mass is 35.5. The lowest BCUT2D eigenvalue weighted by molar-refractivity contribution is -0.122. The van der Waals surface area contributed by atoms with Gasteiger partial charge in [-0.2, -0.15) is 0 Å². The standard InChI is InChI=1S/C17H27FN2O.ClH/c1-3-4-8-16(12-19)20-17(21)10-13(2)9-14-6-5-7-15(18)11-14;/h5-7,11,13,16H,3-4,8-10,12,19H2,1-2H3,(H,20,21);1H. The molecule has 1 aromatic rings. The fourth-order valence-electron chi connectivity index (χ4n) is 2.44. The third-order valence-corrected chi connectivity index (χ3v) is 3.56. The summed E-state index contributed by atoms with van der Waals surface area (Å²) in [5.41, 5.74) is 6.60. The van der Waals surface area contributed by atoms with Crippen molar-refractivity contribution in [2.24, 2.45) is 11.7 Å². The van der Waals surface area contributed by atoms with Crippen molar-refractivity contribution in [3.05, 3.63) is 35.6 Å². The zero-order chi connectivity index (χ0) is 15.7. The number of hydrogen-bond acceptors (Lipinski definition) is 2. The second-order valence-corrected chi connectivity index (χ2v) is 5.79. The maximum absolute atomic E-state index is 13.1. The van der Waals surface area contributed by atoms with Gasteiger partial charge in [0.2, 0.25) is 5.91 Å². The van der Waals surface area contributed by atoms with E-state index in [-0.39, 0.29) is 36.1 Å². The lowest BCUT2D eigenvalue weighted by Gasteiger charge is -2.18. The average molecular weight is 331 g/mol. The minimum absolute atomic E-state index is 0. The Labute approximate surface area is 139 Å². The topological polar surface area (TPSA) is 55.1 Å². The van der Waals surface area contributed by atoms with E-state index in [0.29, 0.717) is 19.4 Å². The second-order valence-electron chi connectivity index (χ2n) is 5.79. The zero-order valence-electron chi connectivity index (χ0n) is 13.5. The molecule has 0 saturated carbocycles. The molecule has 126 valence electrons. The van der Waals surface area contributed by atoms with E-state index in [4.69, 9.17) is 5.73 Å². The number of carbonyl (C=O) groups excluding carboxylic acids is 1. The molecule has 0 aromatic heterocycles. The van der Waals surface area contributed by atoms with Gasteiger partial charge in [-0.05, 0) is 36.5 Å². The molecule has 22 heavy (non-hydrogen) atoms. The predicted octanol–water partition coefficient (Wildman–Crippen LogP) is 3.45. The van der Waals surface area contributed by atoms with Gasteiger partial charge in [0.05, 0.1) is 0 Å². The highest BCUT2D eigenvalue weighted by Gasteiger charge is 2.14. The Hall–Kier alpha value is -1.13. The minimum Gasteiger partial charge on any atom is -0.352 e. The molecular formula is C17H28ClFN2O. The summed E-state index contributed by atoms with van der Waals surface area (Å²) in [6.07, 6.45) is 4.24. The van der Waals surface area contributed by atoms with Gasteiger partial charge in [0.25, 0.3) is 0 Å². The van der Waals surface area contributed by atoms with Crippen LogP contribution in [0.15, 0.2) is 24.3 Å². The quantitative estimate of drug-likeness (QED) is 0.728. The van der Waals surface area contributed by atoms with Gasteiger partial charge in [0.15, 0.2) is 0 Å². The predicted molar refractivity (Wildman–Crippen MR) is 91.6 cm³/mol. The molecule has 0 fully saturated rings. The van der Waals surface area contributed by atoms with E-state index in [1.54, 1.807) is 6.07 Å². The molecule has 5 heteroatoms. The summed E-state index contributed by atoms with van der Waals surface area (Å²) in [6, 6.07) is 6.62. The molecule has 0 spiro atoms. The number of unbranched alkanes of at least 4 members (excludes halogenated alkanes) is 1. The molecule has 1 amide bonds. The second kappa shape index (κ2) is 11.4. The first-order valence-corrected chi connectivity index (χ1v) is 7.79. The van der Waals surface area contributed by atoms with Gasteiger partial charge >= 0.3 is 0 Å². The first-order chi connectivity index (χ1) is 10.0. The number of benzene rings is 1. The number of hydrogen-bond donors (Lipinski definition) is 2. The maximum Gasteiger partial charge on any atom is 0.220 e. The Bertz CT molecular complexity index is 442. The third-order valence-electron chi connectivity index (χ3n) is 3.56. The average Bonchev–Trinajstić information content (AvgIpc) is 2.43. The van der Waals surface area contributed by atoms with Crippen molar-refractivity contribution in [1.29, 1.82) is 0 Å². The molecule has 0 aliphatic heterocycles. The van der Waals surface area contributed by atoms with Crippen LogP contribution in [0.4, 0.5) is 4.39 Å². The van der Waals surface area contributed by atoms with Gasteiger partial charge in [-0.3, -0.25) is 4.79 Å². The molecule has 0 heterocycles. The lowest BCUT2D eigenvalue weighted by atomic mass is 9.97. The third kappa shape index (κ3) is 8.35. The van der Waals surface area contributed by atoms with Crippen LogP contribution in [0, 0.1) is 11.7 Å². The highest BCUT2D eigenvalue weighted by molar-refractivity contribution is 5.85. The van der Waals surface area contributed by atoms with Crippen LogP contribution in [-0.2, 0) is 11.2 Å². The highest BCUT2D eigenvalue weighted by Crippen LogP contribution is 2.13. The molecule has 0 aliphatic carbocycles. The summed E-state index contributed by atoms with van der Waals surface area (Å²) in [7, 11) is 0. The normalized spacial score (nSPS) is 13.1. The molecule has 0 radical (unpaired) electrons. The fourth-order valence-corrected chi connectivity index (χ4v) is 2.44. The maximum atomic E-state index is 13.1. The molecule has 0 saturated heterocycles. The van der Waals surface area contributed by atoms with Crippen molar-refractivity contribution in [2.45, 2.75) is 52.0 Å². The monoisotopic (exact) mass is 330 g/mol. The molecule has 3 nitrogen and oxygen atoms in total. The summed E-state index contributed by atoms with van der Waals surface area (Å²) < 4.78 is 13.1. The Balaban J connectivity index is 0.00000441. The molecule has 1 aromatic carbocycles. The number of nitrogens with two attached hydrogens (primary N) is 1. The van der Waals surface area contributed by atoms with Gasteiger partial charge in [-0.15, -0.1) is 12.4 Å². The first kappa shape index (κ1) is 20.9. The number of halogens is 2. The van der Waals surface area contributed by atoms with E-state index in [1.165, 1.54) is 12.1 Å². The van der Waals surface area contributed by atoms with Gasteiger partial charge in [0.1, 0.15) is 5.82 Å².